The van der Waals surface area contributed by atoms with Crippen molar-refractivity contribution in [3.05, 3.63) is 25.0 Å². The molecule has 1 aromatic carbocycles. The molecule has 0 aliphatic carbocycles. The first-order valence-electron chi connectivity index (χ1n) is 4.59. The molecule has 0 atom stereocenters. The molecule has 0 radical (unpaired) electrons. The Morgan fingerprint density at radius 1 is 1.13 bits per heavy atom. The summed E-state index contributed by atoms with van der Waals surface area (Å²) in [6, 6.07) is 2.06. The summed E-state index contributed by atoms with van der Waals surface area (Å²) in [5.74, 6) is 0. The van der Waals surface area contributed by atoms with Crippen LogP contribution in [0.5, 0.6) is 0 Å². The first-order valence-corrected chi connectivity index (χ1v) is 6.97. The van der Waals surface area contributed by atoms with Crippen LogP contribution < -0.4 is 0 Å². The van der Waals surface area contributed by atoms with Gasteiger partial charge in [-0.3, -0.25) is 4.99 Å². The SMILES string of the molecule is CC1=Nc2cc(Br)c(Br)c(Br)c2C1(C)C. The molecule has 1 aromatic rings. The van der Waals surface area contributed by atoms with Crippen molar-refractivity contribution in [3.8, 4) is 0 Å². The molecule has 0 saturated carbocycles. The molecular weight excluding hydrogens is 386 g/mol. The van der Waals surface area contributed by atoms with Crippen molar-refractivity contribution >= 4 is 59.2 Å². The fourth-order valence-corrected chi connectivity index (χ4v) is 3.67. The van der Waals surface area contributed by atoms with E-state index in [9.17, 15) is 0 Å². The number of hydrogen-bond donors (Lipinski definition) is 0. The van der Waals surface area contributed by atoms with Crippen LogP contribution in [-0.4, -0.2) is 5.71 Å². The van der Waals surface area contributed by atoms with Gasteiger partial charge >= 0.3 is 0 Å². The van der Waals surface area contributed by atoms with Crippen LogP contribution in [0.2, 0.25) is 0 Å². The molecule has 0 saturated heterocycles. The molecule has 0 fully saturated rings. The summed E-state index contributed by atoms with van der Waals surface area (Å²) < 4.78 is 3.18. The van der Waals surface area contributed by atoms with Gasteiger partial charge in [-0.1, -0.05) is 13.8 Å². The second-order valence-electron chi connectivity index (χ2n) is 4.20. The van der Waals surface area contributed by atoms with Crippen LogP contribution in [0.3, 0.4) is 0 Å². The topological polar surface area (TPSA) is 12.4 Å². The molecule has 0 aromatic heterocycles. The zero-order valence-electron chi connectivity index (χ0n) is 8.66. The van der Waals surface area contributed by atoms with Gasteiger partial charge in [0.1, 0.15) is 0 Å². The fraction of sp³-hybridized carbons (Fsp3) is 0.364. The summed E-state index contributed by atoms with van der Waals surface area (Å²) in [7, 11) is 0. The minimum atomic E-state index is 0.0113. The number of halogens is 3. The van der Waals surface area contributed by atoms with Gasteiger partial charge in [-0.2, -0.15) is 0 Å². The minimum absolute atomic E-state index is 0.0113. The molecule has 1 heterocycles. The highest BCUT2D eigenvalue weighted by atomic mass is 79.9. The van der Waals surface area contributed by atoms with Crippen molar-refractivity contribution in [2.24, 2.45) is 4.99 Å². The van der Waals surface area contributed by atoms with Crippen LogP contribution >= 0.6 is 47.8 Å². The van der Waals surface area contributed by atoms with Gasteiger partial charge in [-0.25, -0.2) is 0 Å². The second kappa shape index (κ2) is 3.67. The first-order chi connectivity index (χ1) is 6.85. The van der Waals surface area contributed by atoms with Crippen LogP contribution in [-0.2, 0) is 5.41 Å². The third-order valence-electron chi connectivity index (χ3n) is 2.96. The molecule has 80 valence electrons. The predicted octanol–water partition coefficient (Wildman–Crippen LogP) is 5.36. The Morgan fingerprint density at radius 2 is 1.73 bits per heavy atom. The lowest BCUT2D eigenvalue weighted by atomic mass is 9.82. The van der Waals surface area contributed by atoms with Gasteiger partial charge in [0.15, 0.2) is 0 Å². The van der Waals surface area contributed by atoms with Crippen molar-refractivity contribution in [1.29, 1.82) is 0 Å². The lowest BCUT2D eigenvalue weighted by Crippen LogP contribution is -2.23. The summed E-state index contributed by atoms with van der Waals surface area (Å²) in [4.78, 5) is 4.60. The van der Waals surface area contributed by atoms with Gasteiger partial charge in [0.25, 0.3) is 0 Å². The Bertz CT molecular complexity index is 475. The number of nitrogens with zero attached hydrogens (tertiary/aromatic N) is 1. The molecule has 0 bridgehead atoms. The van der Waals surface area contributed by atoms with E-state index in [4.69, 9.17) is 0 Å². The molecule has 2 rings (SSSR count). The Kier molecular flexibility index (Phi) is 2.89. The van der Waals surface area contributed by atoms with E-state index in [0.717, 1.165) is 24.8 Å². The normalized spacial score (nSPS) is 17.6. The average molecular weight is 396 g/mol. The lowest BCUT2D eigenvalue weighted by Gasteiger charge is -2.22. The van der Waals surface area contributed by atoms with Crippen molar-refractivity contribution in [1.82, 2.24) is 0 Å². The predicted molar refractivity (Wildman–Crippen MR) is 75.3 cm³/mol. The summed E-state index contributed by atoms with van der Waals surface area (Å²) in [5.41, 5.74) is 3.48. The molecule has 15 heavy (non-hydrogen) atoms. The number of aliphatic imine (C=N–C) groups is 1. The van der Waals surface area contributed by atoms with Crippen LogP contribution in [0.25, 0.3) is 0 Å². The monoisotopic (exact) mass is 393 g/mol. The zero-order valence-corrected chi connectivity index (χ0v) is 13.4. The summed E-state index contributed by atoms with van der Waals surface area (Å²) >= 11 is 10.7. The standard InChI is InChI=1S/C11H10Br3N/c1-5-11(2,3)8-7(15-5)4-6(12)9(13)10(8)14/h4H,1-3H3. The van der Waals surface area contributed by atoms with E-state index in [0.29, 0.717) is 0 Å². The lowest BCUT2D eigenvalue weighted by molar-refractivity contribution is 0.728. The molecule has 0 amide bonds. The highest BCUT2D eigenvalue weighted by Crippen LogP contribution is 2.49. The maximum atomic E-state index is 4.60. The van der Waals surface area contributed by atoms with Crippen LogP contribution in [0.15, 0.2) is 24.5 Å². The van der Waals surface area contributed by atoms with Gasteiger partial charge in [-0.05, 0) is 60.8 Å². The number of fused-ring (bicyclic) bond motifs is 1. The Morgan fingerprint density at radius 3 is 2.33 bits per heavy atom. The number of benzene rings is 1. The first kappa shape index (κ1) is 11.8. The van der Waals surface area contributed by atoms with Gasteiger partial charge in [0.05, 0.1) is 5.69 Å². The summed E-state index contributed by atoms with van der Waals surface area (Å²) in [5, 5.41) is 0. The minimum Gasteiger partial charge on any atom is -0.257 e. The highest BCUT2D eigenvalue weighted by molar-refractivity contribution is 9.14. The Balaban J connectivity index is 2.79. The second-order valence-corrected chi connectivity index (χ2v) is 6.64. The number of rotatable bonds is 0. The van der Waals surface area contributed by atoms with Gasteiger partial charge in [0.2, 0.25) is 0 Å². The van der Waals surface area contributed by atoms with Crippen LogP contribution in [0.1, 0.15) is 26.3 Å². The summed E-state index contributed by atoms with van der Waals surface area (Å²) in [6.07, 6.45) is 0. The summed E-state index contributed by atoms with van der Waals surface area (Å²) in [6.45, 7) is 6.47. The van der Waals surface area contributed by atoms with Gasteiger partial charge in [-0.15, -0.1) is 0 Å². The molecule has 1 aliphatic heterocycles. The molecule has 0 unspecified atom stereocenters. The number of hydrogen-bond acceptors (Lipinski definition) is 1. The van der Waals surface area contributed by atoms with Crippen molar-refractivity contribution in [2.75, 3.05) is 0 Å². The Labute approximate surface area is 115 Å². The Hall–Kier alpha value is 0.330. The van der Waals surface area contributed by atoms with Crippen molar-refractivity contribution in [3.63, 3.8) is 0 Å². The highest BCUT2D eigenvalue weighted by Gasteiger charge is 2.35. The molecule has 0 spiro atoms. The zero-order chi connectivity index (χ0) is 11.4. The fourth-order valence-electron chi connectivity index (χ4n) is 1.77. The van der Waals surface area contributed by atoms with E-state index in [-0.39, 0.29) is 5.41 Å². The van der Waals surface area contributed by atoms with Crippen LogP contribution in [0.4, 0.5) is 5.69 Å². The molecule has 1 aliphatic rings. The maximum Gasteiger partial charge on any atom is 0.0693 e. The van der Waals surface area contributed by atoms with E-state index in [1.54, 1.807) is 0 Å². The molecular formula is C11H10Br3N. The van der Waals surface area contributed by atoms with Crippen LogP contribution in [0, 0.1) is 0 Å². The van der Waals surface area contributed by atoms with E-state index in [1.807, 2.05) is 0 Å². The van der Waals surface area contributed by atoms with E-state index in [1.165, 1.54) is 5.56 Å². The third-order valence-corrected chi connectivity index (χ3v) is 6.27. The molecule has 1 nitrogen and oxygen atoms in total. The van der Waals surface area contributed by atoms with Crippen molar-refractivity contribution in [2.45, 2.75) is 26.2 Å². The van der Waals surface area contributed by atoms with Gasteiger partial charge < -0.3 is 0 Å². The largest absolute Gasteiger partial charge is 0.257 e. The average Bonchev–Trinajstić information content (AvgIpc) is 2.34. The third kappa shape index (κ3) is 1.65. The van der Waals surface area contributed by atoms with E-state index < -0.39 is 0 Å². The van der Waals surface area contributed by atoms with E-state index >= 15 is 0 Å². The molecule has 0 N–H and O–H groups in total. The smallest absolute Gasteiger partial charge is 0.0693 e. The molecule has 4 heteroatoms. The van der Waals surface area contributed by atoms with Gasteiger partial charge in [0, 0.05) is 30.1 Å². The van der Waals surface area contributed by atoms with Crippen molar-refractivity contribution < 1.29 is 0 Å². The van der Waals surface area contributed by atoms with E-state index in [2.05, 4.69) is 79.6 Å². The maximum absolute atomic E-state index is 4.60. The quantitative estimate of drug-likeness (QED) is 0.524.